The van der Waals surface area contributed by atoms with Crippen LogP contribution in [0.15, 0.2) is 30.7 Å². The van der Waals surface area contributed by atoms with E-state index in [1.54, 1.807) is 17.1 Å². The molecule has 1 heterocycles. The standard InChI is InChI=1S/C14H16N2O2/c1-3-10-6-5-7-11(4-2)13(10)16-8-12(14(17)18)15-9-16/h5-9H,3-4H2,1-2H3,(H,17,18). The molecular weight excluding hydrogens is 228 g/mol. The van der Waals surface area contributed by atoms with Gasteiger partial charge < -0.3 is 9.67 Å². The fourth-order valence-corrected chi connectivity index (χ4v) is 2.10. The van der Waals surface area contributed by atoms with E-state index in [1.807, 2.05) is 6.07 Å². The SMILES string of the molecule is CCc1cccc(CC)c1-n1cnc(C(=O)O)c1. The highest BCUT2D eigenvalue weighted by Crippen LogP contribution is 2.21. The molecule has 1 N–H and O–H groups in total. The van der Waals surface area contributed by atoms with Gasteiger partial charge in [-0.3, -0.25) is 0 Å². The number of aromatic nitrogens is 2. The van der Waals surface area contributed by atoms with E-state index in [0.29, 0.717) is 0 Å². The van der Waals surface area contributed by atoms with E-state index in [0.717, 1.165) is 18.5 Å². The van der Waals surface area contributed by atoms with Crippen molar-refractivity contribution in [2.45, 2.75) is 26.7 Å². The molecule has 0 fully saturated rings. The monoisotopic (exact) mass is 244 g/mol. The number of carboxylic acids is 1. The van der Waals surface area contributed by atoms with E-state index in [-0.39, 0.29) is 5.69 Å². The third-order valence-corrected chi connectivity index (χ3v) is 3.02. The van der Waals surface area contributed by atoms with Gasteiger partial charge in [-0.2, -0.15) is 0 Å². The number of nitrogens with zero attached hydrogens (tertiary/aromatic N) is 2. The number of carbonyl (C=O) groups is 1. The Morgan fingerprint density at radius 1 is 1.28 bits per heavy atom. The molecule has 0 aliphatic heterocycles. The molecule has 0 bridgehead atoms. The summed E-state index contributed by atoms with van der Waals surface area (Å²) in [6.07, 6.45) is 4.95. The van der Waals surface area contributed by atoms with E-state index in [2.05, 4.69) is 31.0 Å². The fourth-order valence-electron chi connectivity index (χ4n) is 2.10. The number of imidazole rings is 1. The molecule has 0 radical (unpaired) electrons. The van der Waals surface area contributed by atoms with E-state index < -0.39 is 5.97 Å². The Hall–Kier alpha value is -2.10. The van der Waals surface area contributed by atoms with Gasteiger partial charge in [-0.1, -0.05) is 32.0 Å². The summed E-state index contributed by atoms with van der Waals surface area (Å²) >= 11 is 0. The summed E-state index contributed by atoms with van der Waals surface area (Å²) in [4.78, 5) is 14.8. The second-order valence-corrected chi connectivity index (χ2v) is 4.10. The first-order valence-electron chi connectivity index (χ1n) is 6.05. The van der Waals surface area contributed by atoms with Gasteiger partial charge in [-0.05, 0) is 24.0 Å². The Bertz CT molecular complexity index is 551. The lowest BCUT2D eigenvalue weighted by Gasteiger charge is -2.13. The van der Waals surface area contributed by atoms with Crippen LogP contribution >= 0.6 is 0 Å². The molecule has 0 aliphatic rings. The number of para-hydroxylation sites is 1. The van der Waals surface area contributed by atoms with E-state index in [1.165, 1.54) is 11.1 Å². The molecular formula is C14H16N2O2. The number of rotatable bonds is 4. The Balaban J connectivity index is 2.57. The number of carboxylic acid groups (broad SMARTS) is 1. The molecule has 0 unspecified atom stereocenters. The molecule has 2 rings (SSSR count). The lowest BCUT2D eigenvalue weighted by molar-refractivity contribution is 0.0691. The average Bonchev–Trinajstić information content (AvgIpc) is 2.87. The van der Waals surface area contributed by atoms with Crippen molar-refractivity contribution < 1.29 is 9.90 Å². The van der Waals surface area contributed by atoms with Gasteiger partial charge in [0.2, 0.25) is 0 Å². The van der Waals surface area contributed by atoms with Crippen molar-refractivity contribution in [3.05, 3.63) is 47.5 Å². The van der Waals surface area contributed by atoms with Crippen LogP contribution in [0.5, 0.6) is 0 Å². The molecule has 4 nitrogen and oxygen atoms in total. The van der Waals surface area contributed by atoms with Crippen LogP contribution in [0.2, 0.25) is 0 Å². The van der Waals surface area contributed by atoms with Crippen molar-refractivity contribution in [1.29, 1.82) is 0 Å². The summed E-state index contributed by atoms with van der Waals surface area (Å²) in [6, 6.07) is 6.17. The number of benzene rings is 1. The van der Waals surface area contributed by atoms with Gasteiger partial charge >= 0.3 is 5.97 Å². The minimum atomic E-state index is -0.999. The second kappa shape index (κ2) is 5.04. The van der Waals surface area contributed by atoms with Gasteiger partial charge in [-0.25, -0.2) is 9.78 Å². The third-order valence-electron chi connectivity index (χ3n) is 3.02. The third kappa shape index (κ3) is 2.14. The first-order valence-corrected chi connectivity index (χ1v) is 6.05. The topological polar surface area (TPSA) is 55.1 Å². The number of hydrogen-bond donors (Lipinski definition) is 1. The lowest BCUT2D eigenvalue weighted by Crippen LogP contribution is -2.02. The molecule has 0 saturated carbocycles. The second-order valence-electron chi connectivity index (χ2n) is 4.10. The Morgan fingerprint density at radius 3 is 2.33 bits per heavy atom. The molecule has 0 atom stereocenters. The van der Waals surface area contributed by atoms with Crippen LogP contribution in [0, 0.1) is 0 Å². The smallest absolute Gasteiger partial charge is 0.356 e. The highest BCUT2D eigenvalue weighted by Gasteiger charge is 2.12. The summed E-state index contributed by atoms with van der Waals surface area (Å²) in [5.74, 6) is -0.999. The van der Waals surface area contributed by atoms with Crippen LogP contribution < -0.4 is 0 Å². The van der Waals surface area contributed by atoms with Gasteiger partial charge in [0.1, 0.15) is 6.33 Å². The number of hydrogen-bond acceptors (Lipinski definition) is 2. The number of aromatic carboxylic acids is 1. The summed E-state index contributed by atoms with van der Waals surface area (Å²) in [7, 11) is 0. The summed E-state index contributed by atoms with van der Waals surface area (Å²) in [6.45, 7) is 4.18. The molecule has 0 amide bonds. The van der Waals surface area contributed by atoms with Crippen molar-refractivity contribution in [2.24, 2.45) is 0 Å². The molecule has 0 aliphatic carbocycles. The van der Waals surface area contributed by atoms with Crippen LogP contribution in [0.4, 0.5) is 0 Å². The van der Waals surface area contributed by atoms with Crippen LogP contribution in [-0.4, -0.2) is 20.6 Å². The van der Waals surface area contributed by atoms with Gasteiger partial charge in [0.25, 0.3) is 0 Å². The maximum atomic E-state index is 10.9. The van der Waals surface area contributed by atoms with Crippen molar-refractivity contribution in [3.63, 3.8) is 0 Å². The lowest BCUT2D eigenvalue weighted by atomic mass is 10.0. The Labute approximate surface area is 106 Å². The van der Waals surface area contributed by atoms with Crippen LogP contribution in [-0.2, 0) is 12.8 Å². The zero-order chi connectivity index (χ0) is 13.1. The van der Waals surface area contributed by atoms with E-state index in [4.69, 9.17) is 5.11 Å². The fraction of sp³-hybridized carbons (Fsp3) is 0.286. The average molecular weight is 244 g/mol. The highest BCUT2D eigenvalue weighted by atomic mass is 16.4. The number of aryl methyl sites for hydroxylation is 2. The van der Waals surface area contributed by atoms with Crippen LogP contribution in [0.25, 0.3) is 5.69 Å². The van der Waals surface area contributed by atoms with Crippen LogP contribution in [0.1, 0.15) is 35.5 Å². The quantitative estimate of drug-likeness (QED) is 0.899. The van der Waals surface area contributed by atoms with Gasteiger partial charge in [0.15, 0.2) is 5.69 Å². The molecule has 18 heavy (non-hydrogen) atoms. The van der Waals surface area contributed by atoms with E-state index >= 15 is 0 Å². The maximum absolute atomic E-state index is 10.9. The van der Waals surface area contributed by atoms with Crippen molar-refractivity contribution >= 4 is 5.97 Å². The summed E-state index contributed by atoms with van der Waals surface area (Å²) in [5, 5.41) is 8.92. The Kier molecular flexibility index (Phi) is 3.46. The molecule has 1 aromatic heterocycles. The normalized spacial score (nSPS) is 10.6. The van der Waals surface area contributed by atoms with Gasteiger partial charge in [0, 0.05) is 6.20 Å². The maximum Gasteiger partial charge on any atom is 0.356 e. The first kappa shape index (κ1) is 12.4. The summed E-state index contributed by atoms with van der Waals surface area (Å²) < 4.78 is 1.81. The van der Waals surface area contributed by atoms with E-state index in [9.17, 15) is 4.79 Å². The largest absolute Gasteiger partial charge is 0.476 e. The molecule has 2 aromatic rings. The molecule has 1 aromatic carbocycles. The van der Waals surface area contributed by atoms with Gasteiger partial charge in [0.05, 0.1) is 5.69 Å². The zero-order valence-electron chi connectivity index (χ0n) is 10.6. The zero-order valence-corrected chi connectivity index (χ0v) is 10.6. The summed E-state index contributed by atoms with van der Waals surface area (Å²) in [5.41, 5.74) is 3.53. The first-order chi connectivity index (χ1) is 8.67. The molecule has 4 heteroatoms. The molecule has 0 spiro atoms. The molecule has 0 saturated heterocycles. The Morgan fingerprint density at radius 2 is 1.89 bits per heavy atom. The van der Waals surface area contributed by atoms with Crippen molar-refractivity contribution in [3.8, 4) is 5.69 Å². The van der Waals surface area contributed by atoms with Crippen molar-refractivity contribution in [2.75, 3.05) is 0 Å². The van der Waals surface area contributed by atoms with Crippen LogP contribution in [0.3, 0.4) is 0 Å². The predicted octanol–water partition coefficient (Wildman–Crippen LogP) is 2.70. The minimum Gasteiger partial charge on any atom is -0.476 e. The van der Waals surface area contributed by atoms with Crippen molar-refractivity contribution in [1.82, 2.24) is 9.55 Å². The predicted molar refractivity (Wildman–Crippen MR) is 69.3 cm³/mol. The van der Waals surface area contributed by atoms with Gasteiger partial charge in [-0.15, -0.1) is 0 Å². The minimum absolute atomic E-state index is 0.0722. The highest BCUT2D eigenvalue weighted by molar-refractivity contribution is 5.85. The molecule has 94 valence electrons.